The van der Waals surface area contributed by atoms with Crippen molar-refractivity contribution in [2.75, 3.05) is 26.3 Å². The molecule has 0 amide bonds. The Morgan fingerprint density at radius 3 is 2.90 bits per heavy atom. The van der Waals surface area contributed by atoms with Crippen LogP contribution in [-0.4, -0.2) is 49.1 Å². The van der Waals surface area contributed by atoms with E-state index in [1.165, 1.54) is 6.42 Å². The van der Waals surface area contributed by atoms with E-state index in [1.807, 2.05) is 31.2 Å². The van der Waals surface area contributed by atoms with Gasteiger partial charge in [-0.3, -0.25) is 9.69 Å². The molecule has 114 valence electrons. The third kappa shape index (κ3) is 3.27. The summed E-state index contributed by atoms with van der Waals surface area (Å²) in [5, 5.41) is 0. The second kappa shape index (κ2) is 6.58. The molecule has 4 nitrogen and oxygen atoms in total. The van der Waals surface area contributed by atoms with E-state index in [1.54, 1.807) is 0 Å². The van der Waals surface area contributed by atoms with Gasteiger partial charge in [0.2, 0.25) is 0 Å². The molecule has 1 aliphatic carbocycles. The summed E-state index contributed by atoms with van der Waals surface area (Å²) in [6, 6.07) is 7.90. The quantitative estimate of drug-likeness (QED) is 0.781. The molecule has 2 aliphatic rings. The van der Waals surface area contributed by atoms with Crippen molar-refractivity contribution in [3.8, 4) is 5.75 Å². The molecule has 0 spiro atoms. The summed E-state index contributed by atoms with van der Waals surface area (Å²) in [5.41, 5.74) is 0.763. The van der Waals surface area contributed by atoms with Crippen LogP contribution in [0, 0.1) is 0 Å². The number of benzene rings is 1. The molecule has 1 heterocycles. The van der Waals surface area contributed by atoms with Gasteiger partial charge in [0.25, 0.3) is 0 Å². The van der Waals surface area contributed by atoms with Crippen LogP contribution in [0.4, 0.5) is 0 Å². The number of ketones is 1. The maximum absolute atomic E-state index is 12.4. The number of Topliss-reactive ketones (excluding diaryl/α,β-unsaturated/α-hetero) is 1. The predicted octanol–water partition coefficient (Wildman–Crippen LogP) is 2.52. The lowest BCUT2D eigenvalue weighted by atomic mass is 10.1. The third-order valence-corrected chi connectivity index (χ3v) is 4.43. The SMILES string of the molecule is CCOc1ccc(C(=O)CN2CCOC3CCCC32)cc1. The molecule has 3 rings (SSSR count). The summed E-state index contributed by atoms with van der Waals surface area (Å²) >= 11 is 0. The molecule has 1 aromatic rings. The molecule has 2 atom stereocenters. The Morgan fingerprint density at radius 2 is 2.14 bits per heavy atom. The highest BCUT2D eigenvalue weighted by atomic mass is 16.5. The van der Waals surface area contributed by atoms with Crippen molar-refractivity contribution >= 4 is 5.78 Å². The van der Waals surface area contributed by atoms with Gasteiger partial charge < -0.3 is 9.47 Å². The zero-order valence-electron chi connectivity index (χ0n) is 12.6. The van der Waals surface area contributed by atoms with Gasteiger partial charge in [0.15, 0.2) is 5.78 Å². The Morgan fingerprint density at radius 1 is 1.33 bits per heavy atom. The highest BCUT2D eigenvalue weighted by molar-refractivity contribution is 5.97. The predicted molar refractivity (Wildman–Crippen MR) is 80.9 cm³/mol. The molecule has 4 heteroatoms. The van der Waals surface area contributed by atoms with Crippen LogP contribution in [-0.2, 0) is 4.74 Å². The lowest BCUT2D eigenvalue weighted by molar-refractivity contribution is -0.0522. The first-order valence-electron chi connectivity index (χ1n) is 7.89. The largest absolute Gasteiger partial charge is 0.494 e. The van der Waals surface area contributed by atoms with E-state index in [0.717, 1.165) is 37.3 Å². The number of hydrogen-bond acceptors (Lipinski definition) is 4. The van der Waals surface area contributed by atoms with Crippen LogP contribution in [0.1, 0.15) is 36.5 Å². The van der Waals surface area contributed by atoms with E-state index >= 15 is 0 Å². The van der Waals surface area contributed by atoms with Gasteiger partial charge in [0, 0.05) is 18.2 Å². The van der Waals surface area contributed by atoms with Gasteiger partial charge in [-0.25, -0.2) is 0 Å². The van der Waals surface area contributed by atoms with Gasteiger partial charge in [0.05, 0.1) is 25.9 Å². The van der Waals surface area contributed by atoms with Crippen LogP contribution in [0.3, 0.4) is 0 Å². The molecule has 0 aromatic heterocycles. The molecule has 1 aromatic carbocycles. The van der Waals surface area contributed by atoms with Crippen molar-refractivity contribution in [2.24, 2.45) is 0 Å². The second-order valence-corrected chi connectivity index (χ2v) is 5.76. The second-order valence-electron chi connectivity index (χ2n) is 5.76. The third-order valence-electron chi connectivity index (χ3n) is 4.43. The molecule has 1 saturated carbocycles. The van der Waals surface area contributed by atoms with Crippen LogP contribution in [0.15, 0.2) is 24.3 Å². The van der Waals surface area contributed by atoms with Gasteiger partial charge in [-0.1, -0.05) is 0 Å². The highest BCUT2D eigenvalue weighted by Gasteiger charge is 2.36. The fourth-order valence-corrected chi connectivity index (χ4v) is 3.38. The van der Waals surface area contributed by atoms with Crippen molar-refractivity contribution in [1.82, 2.24) is 4.90 Å². The molecule has 1 aliphatic heterocycles. The molecule has 1 saturated heterocycles. The van der Waals surface area contributed by atoms with Gasteiger partial charge >= 0.3 is 0 Å². The Hall–Kier alpha value is -1.39. The number of hydrogen-bond donors (Lipinski definition) is 0. The van der Waals surface area contributed by atoms with E-state index in [9.17, 15) is 4.79 Å². The number of rotatable bonds is 5. The zero-order chi connectivity index (χ0) is 14.7. The van der Waals surface area contributed by atoms with Crippen LogP contribution in [0.25, 0.3) is 0 Å². The molecule has 2 unspecified atom stereocenters. The lowest BCUT2D eigenvalue weighted by Crippen LogP contribution is -2.50. The van der Waals surface area contributed by atoms with Crippen molar-refractivity contribution < 1.29 is 14.3 Å². The number of nitrogens with zero attached hydrogens (tertiary/aromatic N) is 1. The minimum absolute atomic E-state index is 0.186. The normalized spacial score (nSPS) is 25.6. The van der Waals surface area contributed by atoms with E-state index in [4.69, 9.17) is 9.47 Å². The van der Waals surface area contributed by atoms with Gasteiger partial charge in [-0.2, -0.15) is 0 Å². The van der Waals surface area contributed by atoms with Crippen molar-refractivity contribution in [2.45, 2.75) is 38.3 Å². The van der Waals surface area contributed by atoms with Gasteiger partial charge in [-0.05, 0) is 50.5 Å². The van der Waals surface area contributed by atoms with Gasteiger partial charge in [-0.15, -0.1) is 0 Å². The number of ether oxygens (including phenoxy) is 2. The summed E-state index contributed by atoms with van der Waals surface area (Å²) in [6.07, 6.45) is 3.84. The maximum atomic E-state index is 12.4. The Balaban J connectivity index is 1.62. The average molecular weight is 289 g/mol. The maximum Gasteiger partial charge on any atom is 0.176 e. The van der Waals surface area contributed by atoms with Crippen molar-refractivity contribution in [3.05, 3.63) is 29.8 Å². The minimum atomic E-state index is 0.186. The van der Waals surface area contributed by atoms with E-state index in [-0.39, 0.29) is 5.78 Å². The molecule has 0 radical (unpaired) electrons. The summed E-state index contributed by atoms with van der Waals surface area (Å²) in [6.45, 7) is 4.71. The monoisotopic (exact) mass is 289 g/mol. The Bertz CT molecular complexity index is 485. The van der Waals surface area contributed by atoms with E-state index < -0.39 is 0 Å². The van der Waals surface area contributed by atoms with Crippen LogP contribution >= 0.6 is 0 Å². The van der Waals surface area contributed by atoms with Crippen molar-refractivity contribution in [3.63, 3.8) is 0 Å². The van der Waals surface area contributed by atoms with Crippen molar-refractivity contribution in [1.29, 1.82) is 0 Å². The zero-order valence-corrected chi connectivity index (χ0v) is 12.6. The first-order chi connectivity index (χ1) is 10.3. The first-order valence-corrected chi connectivity index (χ1v) is 7.89. The molecule has 2 fully saturated rings. The molecule has 0 N–H and O–H groups in total. The van der Waals surface area contributed by atoms with E-state index in [2.05, 4.69) is 4.90 Å². The molecular weight excluding hydrogens is 266 g/mol. The Kier molecular flexibility index (Phi) is 4.56. The lowest BCUT2D eigenvalue weighted by Gasteiger charge is -2.37. The van der Waals surface area contributed by atoms with Gasteiger partial charge in [0.1, 0.15) is 5.75 Å². The summed E-state index contributed by atoms with van der Waals surface area (Å²) in [5.74, 6) is 1.00. The molecular formula is C17H23NO3. The van der Waals surface area contributed by atoms with E-state index in [0.29, 0.717) is 25.3 Å². The number of morpholine rings is 1. The average Bonchev–Trinajstić information content (AvgIpc) is 2.98. The highest BCUT2D eigenvalue weighted by Crippen LogP contribution is 2.29. The fraction of sp³-hybridized carbons (Fsp3) is 0.588. The number of carbonyl (C=O) groups is 1. The van der Waals surface area contributed by atoms with Crippen LogP contribution in [0.5, 0.6) is 5.75 Å². The summed E-state index contributed by atoms with van der Waals surface area (Å²) < 4.78 is 11.2. The topological polar surface area (TPSA) is 38.8 Å². The minimum Gasteiger partial charge on any atom is -0.494 e. The summed E-state index contributed by atoms with van der Waals surface area (Å²) in [4.78, 5) is 14.8. The summed E-state index contributed by atoms with van der Waals surface area (Å²) in [7, 11) is 0. The smallest absolute Gasteiger partial charge is 0.176 e. The van der Waals surface area contributed by atoms with Crippen LogP contribution in [0.2, 0.25) is 0 Å². The first kappa shape index (κ1) is 14.5. The number of carbonyl (C=O) groups excluding carboxylic acids is 1. The standard InChI is InChI=1S/C17H23NO3/c1-2-20-14-8-6-13(7-9-14)16(19)12-18-10-11-21-17-5-3-4-15(17)18/h6-9,15,17H,2-5,10-12H2,1H3. The Labute approximate surface area is 126 Å². The number of fused-ring (bicyclic) bond motifs is 1. The molecule has 21 heavy (non-hydrogen) atoms. The fourth-order valence-electron chi connectivity index (χ4n) is 3.38. The van der Waals surface area contributed by atoms with Crippen LogP contribution < -0.4 is 4.74 Å². The molecule has 0 bridgehead atoms.